The first-order chi connectivity index (χ1) is 16.4. The first kappa shape index (κ1) is 22.2. The number of thiophene rings is 1. The Labute approximate surface area is 199 Å². The molecule has 34 heavy (non-hydrogen) atoms. The molecule has 1 N–H and O–H groups in total. The summed E-state index contributed by atoms with van der Waals surface area (Å²) in [5.41, 5.74) is 2.32. The summed E-state index contributed by atoms with van der Waals surface area (Å²) in [6, 6.07) is 11.4. The monoisotopic (exact) mass is 479 g/mol. The number of carbonyl (C=O) groups excluding carboxylic acids is 1. The molecule has 0 saturated carbocycles. The number of para-hydroxylation sites is 1. The van der Waals surface area contributed by atoms with Crippen molar-refractivity contribution in [3.63, 3.8) is 0 Å². The van der Waals surface area contributed by atoms with Crippen LogP contribution < -0.4 is 15.1 Å². The van der Waals surface area contributed by atoms with E-state index < -0.39 is 0 Å². The minimum atomic E-state index is -0.367. The highest BCUT2D eigenvalue weighted by atomic mass is 32.1. The van der Waals surface area contributed by atoms with Crippen molar-refractivity contribution >= 4 is 44.7 Å². The van der Waals surface area contributed by atoms with Crippen LogP contribution in [0.15, 0.2) is 48.8 Å². The van der Waals surface area contributed by atoms with Gasteiger partial charge in [0.25, 0.3) is 5.91 Å². The molecule has 3 heterocycles. The van der Waals surface area contributed by atoms with Gasteiger partial charge in [-0.25, -0.2) is 18.7 Å². The van der Waals surface area contributed by atoms with Gasteiger partial charge in [-0.05, 0) is 49.2 Å². The van der Waals surface area contributed by atoms with E-state index in [-0.39, 0.29) is 17.5 Å². The molecule has 4 aromatic rings. The van der Waals surface area contributed by atoms with Gasteiger partial charge in [-0.3, -0.25) is 4.79 Å². The van der Waals surface area contributed by atoms with Crippen LogP contribution in [0.25, 0.3) is 10.2 Å². The molecule has 1 amide bonds. The topological polar surface area (TPSA) is 61.4 Å². The summed E-state index contributed by atoms with van der Waals surface area (Å²) < 4.78 is 28.1. The molecule has 9 heteroatoms. The molecule has 0 bridgehead atoms. The van der Waals surface area contributed by atoms with Crippen LogP contribution in [0.5, 0.6) is 0 Å². The van der Waals surface area contributed by atoms with Gasteiger partial charge in [-0.15, -0.1) is 11.3 Å². The van der Waals surface area contributed by atoms with Crippen LogP contribution in [0, 0.1) is 25.5 Å². The number of hydrogen-bond acceptors (Lipinski definition) is 6. The zero-order valence-electron chi connectivity index (χ0n) is 18.8. The normalized spacial score (nSPS) is 14.0. The predicted molar refractivity (Wildman–Crippen MR) is 132 cm³/mol. The van der Waals surface area contributed by atoms with E-state index in [1.807, 2.05) is 17.9 Å². The summed E-state index contributed by atoms with van der Waals surface area (Å²) in [7, 11) is 0. The Hall–Kier alpha value is -3.59. The number of nitrogens with zero attached hydrogens (tertiary/aromatic N) is 4. The standard InChI is InChI=1S/C25H23F2N5OS/c1-15-7-8-17(13-19(15)27)30-24(33)22-16(2)21-23(28-14-29-25(21)34-22)32-11-9-31(10-12-32)20-6-4-3-5-18(20)26/h3-8,13-14H,9-12H2,1-2H3,(H,30,33). The number of aryl methyl sites for hydroxylation is 2. The molecule has 0 radical (unpaired) electrons. The first-order valence-corrected chi connectivity index (χ1v) is 11.8. The fraction of sp³-hybridized carbons (Fsp3) is 0.240. The highest BCUT2D eigenvalue weighted by Crippen LogP contribution is 2.36. The van der Waals surface area contributed by atoms with Crippen molar-refractivity contribution in [2.24, 2.45) is 0 Å². The van der Waals surface area contributed by atoms with Crippen LogP contribution in [0.4, 0.5) is 26.0 Å². The molecule has 0 atom stereocenters. The third-order valence-corrected chi connectivity index (χ3v) is 7.31. The van der Waals surface area contributed by atoms with Crippen molar-refractivity contribution in [1.82, 2.24) is 9.97 Å². The second kappa shape index (κ2) is 8.98. The zero-order valence-corrected chi connectivity index (χ0v) is 19.6. The van der Waals surface area contributed by atoms with Crippen LogP contribution >= 0.6 is 11.3 Å². The number of carbonyl (C=O) groups is 1. The number of nitrogens with one attached hydrogen (secondary N) is 1. The molecule has 5 rings (SSSR count). The van der Waals surface area contributed by atoms with Crippen molar-refractivity contribution in [3.8, 4) is 0 Å². The smallest absolute Gasteiger partial charge is 0.266 e. The molecule has 0 unspecified atom stereocenters. The van der Waals surface area contributed by atoms with Crippen molar-refractivity contribution < 1.29 is 13.6 Å². The molecule has 6 nitrogen and oxygen atoms in total. The van der Waals surface area contributed by atoms with Gasteiger partial charge < -0.3 is 15.1 Å². The number of hydrogen-bond donors (Lipinski definition) is 1. The van der Waals surface area contributed by atoms with E-state index in [2.05, 4.69) is 20.2 Å². The summed E-state index contributed by atoms with van der Waals surface area (Å²) in [4.78, 5) is 27.3. The number of halogens is 2. The number of amides is 1. The van der Waals surface area contributed by atoms with Gasteiger partial charge in [-0.2, -0.15) is 0 Å². The Bertz CT molecular complexity index is 1380. The maximum Gasteiger partial charge on any atom is 0.266 e. The maximum atomic E-state index is 14.2. The Morgan fingerprint density at radius 3 is 2.44 bits per heavy atom. The minimum Gasteiger partial charge on any atom is -0.366 e. The van der Waals surface area contributed by atoms with Gasteiger partial charge >= 0.3 is 0 Å². The van der Waals surface area contributed by atoms with Crippen LogP contribution in [0.1, 0.15) is 20.8 Å². The molecular formula is C25H23F2N5OS. The van der Waals surface area contributed by atoms with E-state index in [1.54, 1.807) is 31.2 Å². The lowest BCUT2D eigenvalue weighted by molar-refractivity contribution is 0.103. The molecule has 1 saturated heterocycles. The van der Waals surface area contributed by atoms with Gasteiger partial charge in [0.05, 0.1) is 16.0 Å². The lowest BCUT2D eigenvalue weighted by Gasteiger charge is -2.37. The van der Waals surface area contributed by atoms with Crippen molar-refractivity contribution in [2.45, 2.75) is 13.8 Å². The second-order valence-electron chi connectivity index (χ2n) is 8.28. The summed E-state index contributed by atoms with van der Waals surface area (Å²) in [5, 5.41) is 3.62. The first-order valence-electron chi connectivity index (χ1n) is 11.0. The Morgan fingerprint density at radius 1 is 0.971 bits per heavy atom. The molecule has 2 aromatic heterocycles. The van der Waals surface area contributed by atoms with E-state index in [0.717, 1.165) is 21.6 Å². The second-order valence-corrected chi connectivity index (χ2v) is 9.28. The van der Waals surface area contributed by atoms with E-state index in [0.29, 0.717) is 48.0 Å². The third kappa shape index (κ3) is 4.07. The van der Waals surface area contributed by atoms with Gasteiger partial charge in [0.2, 0.25) is 0 Å². The minimum absolute atomic E-state index is 0.224. The van der Waals surface area contributed by atoms with Gasteiger partial charge in [0, 0.05) is 31.9 Å². The van der Waals surface area contributed by atoms with E-state index >= 15 is 0 Å². The SMILES string of the molecule is Cc1ccc(NC(=O)c2sc3ncnc(N4CCN(c5ccccc5F)CC4)c3c2C)cc1F. The van der Waals surface area contributed by atoms with E-state index in [4.69, 9.17) is 0 Å². The summed E-state index contributed by atoms with van der Waals surface area (Å²) in [6.07, 6.45) is 1.51. The van der Waals surface area contributed by atoms with Crippen LogP contribution in [0.2, 0.25) is 0 Å². The summed E-state index contributed by atoms with van der Waals surface area (Å²) in [5.74, 6) is -0.127. The van der Waals surface area contributed by atoms with E-state index in [9.17, 15) is 13.6 Å². The Kier molecular flexibility index (Phi) is 5.87. The fourth-order valence-electron chi connectivity index (χ4n) is 4.24. The quantitative estimate of drug-likeness (QED) is 0.438. The van der Waals surface area contributed by atoms with Gasteiger partial charge in [-0.1, -0.05) is 18.2 Å². The maximum absolute atomic E-state index is 14.2. The van der Waals surface area contributed by atoms with Gasteiger partial charge in [0.1, 0.15) is 28.6 Å². The van der Waals surface area contributed by atoms with E-state index in [1.165, 1.54) is 29.8 Å². The molecule has 0 spiro atoms. The number of piperazine rings is 1. The molecule has 174 valence electrons. The fourth-order valence-corrected chi connectivity index (χ4v) is 5.27. The predicted octanol–water partition coefficient (Wildman–Crippen LogP) is 5.17. The Morgan fingerprint density at radius 2 is 1.71 bits per heavy atom. The highest BCUT2D eigenvalue weighted by molar-refractivity contribution is 7.20. The molecule has 2 aromatic carbocycles. The van der Waals surface area contributed by atoms with Crippen LogP contribution in [-0.2, 0) is 0 Å². The molecular weight excluding hydrogens is 456 g/mol. The highest BCUT2D eigenvalue weighted by Gasteiger charge is 2.25. The molecule has 0 aliphatic carbocycles. The largest absolute Gasteiger partial charge is 0.366 e. The number of aromatic nitrogens is 2. The average Bonchev–Trinajstić information content (AvgIpc) is 3.19. The number of fused-ring (bicyclic) bond motifs is 1. The molecule has 1 aliphatic rings. The van der Waals surface area contributed by atoms with Crippen molar-refractivity contribution in [2.75, 3.05) is 41.3 Å². The lowest BCUT2D eigenvalue weighted by Crippen LogP contribution is -2.47. The molecule has 1 aliphatic heterocycles. The summed E-state index contributed by atoms with van der Waals surface area (Å²) >= 11 is 1.29. The van der Waals surface area contributed by atoms with Crippen LogP contribution in [0.3, 0.4) is 0 Å². The number of anilines is 3. The zero-order chi connectivity index (χ0) is 23.8. The molecule has 1 fully saturated rings. The van der Waals surface area contributed by atoms with Gasteiger partial charge in [0.15, 0.2) is 0 Å². The average molecular weight is 480 g/mol. The van der Waals surface area contributed by atoms with Crippen molar-refractivity contribution in [3.05, 3.63) is 76.4 Å². The number of rotatable bonds is 4. The number of benzene rings is 2. The summed E-state index contributed by atoms with van der Waals surface area (Å²) in [6.45, 7) is 6.20. The Balaban J connectivity index is 1.39. The van der Waals surface area contributed by atoms with Crippen LogP contribution in [-0.4, -0.2) is 42.1 Å². The van der Waals surface area contributed by atoms with Crippen molar-refractivity contribution in [1.29, 1.82) is 0 Å². The lowest BCUT2D eigenvalue weighted by atomic mass is 10.1. The third-order valence-electron chi connectivity index (χ3n) is 6.12.